The van der Waals surface area contributed by atoms with Gasteiger partial charge in [0.25, 0.3) is 5.91 Å². The molecule has 29 heavy (non-hydrogen) atoms. The first-order valence-corrected chi connectivity index (χ1v) is 10.6. The van der Waals surface area contributed by atoms with E-state index in [2.05, 4.69) is 10.3 Å². The maximum Gasteiger partial charge on any atom is 0.358 e. The highest BCUT2D eigenvalue weighted by Crippen LogP contribution is 2.26. The van der Waals surface area contributed by atoms with E-state index in [0.29, 0.717) is 5.69 Å². The molecule has 7 heteroatoms. The van der Waals surface area contributed by atoms with Gasteiger partial charge in [-0.05, 0) is 34.7 Å². The molecule has 0 bridgehead atoms. The summed E-state index contributed by atoms with van der Waals surface area (Å²) in [6.07, 6.45) is 0. The van der Waals surface area contributed by atoms with Crippen molar-refractivity contribution in [2.45, 2.75) is 0 Å². The minimum Gasteiger partial charge on any atom is -0.451 e. The van der Waals surface area contributed by atoms with Crippen LogP contribution in [0.25, 0.3) is 21.7 Å². The average Bonchev–Trinajstić information content (AvgIpc) is 3.45. The Balaban J connectivity index is 1.30. The van der Waals surface area contributed by atoms with E-state index >= 15 is 0 Å². The average molecular weight is 421 g/mol. The van der Waals surface area contributed by atoms with Crippen molar-refractivity contribution in [1.82, 2.24) is 4.98 Å². The van der Waals surface area contributed by atoms with E-state index in [1.165, 1.54) is 11.3 Å². The fraction of sp³-hybridized carbons (Fsp3) is 0.0455. The minimum atomic E-state index is -0.614. The smallest absolute Gasteiger partial charge is 0.358 e. The van der Waals surface area contributed by atoms with Crippen LogP contribution in [0.5, 0.6) is 0 Å². The van der Waals surface area contributed by atoms with Gasteiger partial charge < -0.3 is 10.1 Å². The number of amides is 1. The standard InChI is InChI=1S/C22H16N2O3S2/c25-20(23-18-8-6-16(7-9-18)15-4-2-1-3-5-15)12-27-22(26)19-14-29-21(24-19)17-10-11-28-13-17/h1-11,13-14H,12H2,(H,23,25). The molecule has 0 spiro atoms. The van der Waals surface area contributed by atoms with Gasteiger partial charge in [0.15, 0.2) is 12.3 Å². The van der Waals surface area contributed by atoms with E-state index in [-0.39, 0.29) is 12.3 Å². The number of carbonyl (C=O) groups is 2. The molecule has 0 saturated carbocycles. The Morgan fingerprint density at radius 2 is 1.66 bits per heavy atom. The molecule has 5 nitrogen and oxygen atoms in total. The summed E-state index contributed by atoms with van der Waals surface area (Å²) < 4.78 is 5.08. The topological polar surface area (TPSA) is 68.3 Å². The van der Waals surface area contributed by atoms with Crippen LogP contribution in [0.4, 0.5) is 5.69 Å². The number of carbonyl (C=O) groups excluding carboxylic acids is 2. The molecule has 0 aliphatic carbocycles. The van der Waals surface area contributed by atoms with Gasteiger partial charge >= 0.3 is 5.97 Å². The van der Waals surface area contributed by atoms with Crippen molar-refractivity contribution in [3.8, 4) is 21.7 Å². The second-order valence-electron chi connectivity index (χ2n) is 6.12. The van der Waals surface area contributed by atoms with Crippen molar-refractivity contribution in [2.75, 3.05) is 11.9 Å². The SMILES string of the molecule is O=C(COC(=O)c1csc(-c2ccsc2)n1)Nc1ccc(-c2ccccc2)cc1. The summed E-state index contributed by atoms with van der Waals surface area (Å²) in [7, 11) is 0. The molecule has 2 heterocycles. The van der Waals surface area contributed by atoms with Crippen molar-refractivity contribution in [1.29, 1.82) is 0 Å². The third-order valence-corrected chi connectivity index (χ3v) is 5.67. The van der Waals surface area contributed by atoms with Crippen LogP contribution in [-0.2, 0) is 9.53 Å². The zero-order valence-electron chi connectivity index (χ0n) is 15.2. The quantitative estimate of drug-likeness (QED) is 0.428. The van der Waals surface area contributed by atoms with Gasteiger partial charge in [-0.15, -0.1) is 11.3 Å². The molecule has 1 N–H and O–H groups in total. The molecule has 0 aliphatic heterocycles. The third kappa shape index (κ3) is 4.77. The van der Waals surface area contributed by atoms with Gasteiger partial charge in [0.2, 0.25) is 0 Å². The van der Waals surface area contributed by atoms with Crippen LogP contribution in [0.3, 0.4) is 0 Å². The number of thiazole rings is 1. The van der Waals surface area contributed by atoms with Gasteiger partial charge in [0.1, 0.15) is 5.01 Å². The highest BCUT2D eigenvalue weighted by Gasteiger charge is 2.15. The number of hydrogen-bond donors (Lipinski definition) is 1. The summed E-state index contributed by atoms with van der Waals surface area (Å²) in [5.74, 6) is -1.02. The lowest BCUT2D eigenvalue weighted by Crippen LogP contribution is -2.21. The van der Waals surface area contributed by atoms with Gasteiger partial charge in [-0.1, -0.05) is 42.5 Å². The molecule has 4 aromatic rings. The Morgan fingerprint density at radius 3 is 2.38 bits per heavy atom. The zero-order valence-corrected chi connectivity index (χ0v) is 16.8. The Labute approximate surface area is 175 Å². The Kier molecular flexibility index (Phi) is 5.79. The first-order valence-electron chi connectivity index (χ1n) is 8.79. The second-order valence-corrected chi connectivity index (χ2v) is 7.76. The number of nitrogens with one attached hydrogen (secondary N) is 1. The molecule has 0 saturated heterocycles. The number of hydrogen-bond acceptors (Lipinski definition) is 6. The molecule has 144 valence electrons. The molecule has 2 aromatic carbocycles. The molecule has 0 unspecified atom stereocenters. The summed E-state index contributed by atoms with van der Waals surface area (Å²) in [5, 5.41) is 9.02. The fourth-order valence-corrected chi connectivity index (χ4v) is 4.17. The number of rotatable bonds is 6. The summed E-state index contributed by atoms with van der Waals surface area (Å²) in [6.45, 7) is -0.370. The fourth-order valence-electron chi connectivity index (χ4n) is 2.66. The summed E-state index contributed by atoms with van der Waals surface area (Å²) in [4.78, 5) is 28.5. The predicted octanol–water partition coefficient (Wildman–Crippen LogP) is 5.33. The molecule has 2 aromatic heterocycles. The second kappa shape index (κ2) is 8.81. The Morgan fingerprint density at radius 1 is 0.897 bits per heavy atom. The highest BCUT2D eigenvalue weighted by molar-refractivity contribution is 7.14. The first kappa shape index (κ1) is 19.0. The van der Waals surface area contributed by atoms with Crippen molar-refractivity contribution >= 4 is 40.2 Å². The molecular weight excluding hydrogens is 404 g/mol. The lowest BCUT2D eigenvalue weighted by molar-refractivity contribution is -0.119. The normalized spacial score (nSPS) is 10.5. The van der Waals surface area contributed by atoms with Crippen molar-refractivity contribution < 1.29 is 14.3 Å². The van der Waals surface area contributed by atoms with E-state index in [0.717, 1.165) is 21.7 Å². The van der Waals surface area contributed by atoms with Crippen molar-refractivity contribution in [2.24, 2.45) is 0 Å². The largest absolute Gasteiger partial charge is 0.451 e. The lowest BCUT2D eigenvalue weighted by Gasteiger charge is -2.07. The van der Waals surface area contributed by atoms with Crippen LogP contribution in [-0.4, -0.2) is 23.5 Å². The van der Waals surface area contributed by atoms with Crippen molar-refractivity contribution in [3.63, 3.8) is 0 Å². The summed E-state index contributed by atoms with van der Waals surface area (Å²) in [5.41, 5.74) is 3.97. The molecule has 0 radical (unpaired) electrons. The van der Waals surface area contributed by atoms with Gasteiger partial charge in [-0.2, -0.15) is 11.3 Å². The summed E-state index contributed by atoms with van der Waals surface area (Å²) >= 11 is 2.93. The highest BCUT2D eigenvalue weighted by atomic mass is 32.1. The molecule has 0 atom stereocenters. The number of nitrogens with zero attached hydrogens (tertiary/aromatic N) is 1. The number of thiophene rings is 1. The van der Waals surface area contributed by atoms with Crippen LogP contribution >= 0.6 is 22.7 Å². The maximum atomic E-state index is 12.1. The zero-order chi connectivity index (χ0) is 20.1. The minimum absolute atomic E-state index is 0.205. The molecule has 1 amide bonds. The number of anilines is 1. The van der Waals surface area contributed by atoms with E-state index < -0.39 is 11.9 Å². The third-order valence-electron chi connectivity index (χ3n) is 4.09. The number of aromatic nitrogens is 1. The van der Waals surface area contributed by atoms with Crippen LogP contribution in [0.2, 0.25) is 0 Å². The number of benzene rings is 2. The van der Waals surface area contributed by atoms with E-state index in [1.54, 1.807) is 16.7 Å². The first-order chi connectivity index (χ1) is 14.2. The van der Waals surface area contributed by atoms with Gasteiger partial charge in [-0.3, -0.25) is 4.79 Å². The molecule has 0 aliphatic rings. The van der Waals surface area contributed by atoms with Gasteiger partial charge in [0, 0.05) is 22.0 Å². The van der Waals surface area contributed by atoms with Crippen LogP contribution < -0.4 is 5.32 Å². The van der Waals surface area contributed by atoms with Gasteiger partial charge in [-0.25, -0.2) is 9.78 Å². The summed E-state index contributed by atoms with van der Waals surface area (Å²) in [6, 6.07) is 19.4. The molecule has 4 rings (SSSR count). The number of ether oxygens (including phenoxy) is 1. The van der Waals surface area contributed by atoms with E-state index in [9.17, 15) is 9.59 Å². The number of esters is 1. The molecule has 0 fully saturated rings. The maximum absolute atomic E-state index is 12.1. The van der Waals surface area contributed by atoms with Crippen LogP contribution in [0.1, 0.15) is 10.5 Å². The lowest BCUT2D eigenvalue weighted by atomic mass is 10.1. The predicted molar refractivity (Wildman–Crippen MR) is 116 cm³/mol. The van der Waals surface area contributed by atoms with E-state index in [1.807, 2.05) is 71.4 Å². The van der Waals surface area contributed by atoms with Crippen LogP contribution in [0, 0.1) is 0 Å². The Hall–Kier alpha value is -3.29. The van der Waals surface area contributed by atoms with Crippen molar-refractivity contribution in [3.05, 3.63) is 82.5 Å². The van der Waals surface area contributed by atoms with E-state index in [4.69, 9.17) is 4.74 Å². The van der Waals surface area contributed by atoms with Gasteiger partial charge in [0.05, 0.1) is 0 Å². The molecular formula is C22H16N2O3S2. The van der Waals surface area contributed by atoms with Crippen LogP contribution in [0.15, 0.2) is 76.8 Å². The Bertz CT molecular complexity index is 1100. The monoisotopic (exact) mass is 420 g/mol.